The van der Waals surface area contributed by atoms with E-state index < -0.39 is 0 Å². The summed E-state index contributed by atoms with van der Waals surface area (Å²) in [7, 11) is 0. The summed E-state index contributed by atoms with van der Waals surface area (Å²) in [5.41, 5.74) is -0.226. The fraction of sp³-hybridized carbons (Fsp3) is 0.100. The lowest BCUT2D eigenvalue weighted by Gasteiger charge is -1.95. The lowest BCUT2D eigenvalue weighted by Crippen LogP contribution is -2.04. The Bertz CT molecular complexity index is 573. The van der Waals surface area contributed by atoms with E-state index in [4.69, 9.17) is 4.42 Å². The number of nitrogens with one attached hydrogen (secondary N) is 1. The summed E-state index contributed by atoms with van der Waals surface area (Å²) in [6, 6.07) is 4.58. The van der Waals surface area contributed by atoms with Crippen LogP contribution in [0.1, 0.15) is 17.5 Å². The first-order valence-corrected chi connectivity index (χ1v) is 5.31. The smallest absolute Gasteiger partial charge is 0.251 e. The molecule has 0 aliphatic carbocycles. The number of Topliss-reactive ketones (excluding diaryl/α,β-unsaturated/α-hetero) is 1. The molecule has 0 amide bonds. The second kappa shape index (κ2) is 4.36. The third-order valence-corrected chi connectivity index (χ3v) is 2.59. The van der Waals surface area contributed by atoms with Crippen LogP contribution in [0.25, 0.3) is 0 Å². The van der Waals surface area contributed by atoms with E-state index in [1.807, 2.05) is 0 Å². The molecule has 5 nitrogen and oxygen atoms in total. The van der Waals surface area contributed by atoms with Crippen molar-refractivity contribution in [1.82, 2.24) is 9.97 Å². The molecule has 0 bridgehead atoms. The topological polar surface area (TPSA) is 76.0 Å². The Morgan fingerprint density at radius 3 is 2.88 bits per heavy atom. The van der Waals surface area contributed by atoms with Gasteiger partial charge in [-0.25, -0.2) is 4.98 Å². The normalized spacial score (nSPS) is 10.3. The van der Waals surface area contributed by atoms with Crippen molar-refractivity contribution in [2.75, 3.05) is 0 Å². The largest absolute Gasteiger partial charge is 0.446 e. The van der Waals surface area contributed by atoms with Gasteiger partial charge in [0.25, 0.3) is 5.56 Å². The van der Waals surface area contributed by atoms with Gasteiger partial charge in [-0.3, -0.25) is 9.59 Å². The van der Waals surface area contributed by atoms with Gasteiger partial charge in [0.2, 0.25) is 0 Å². The minimum Gasteiger partial charge on any atom is -0.446 e. The van der Waals surface area contributed by atoms with Crippen molar-refractivity contribution >= 4 is 17.5 Å². The molecule has 0 saturated carbocycles. The number of rotatable bonds is 3. The average Bonchev–Trinajstić information content (AvgIpc) is 2.66. The molecule has 2 heterocycles. The van der Waals surface area contributed by atoms with Crippen molar-refractivity contribution in [3.05, 3.63) is 40.5 Å². The summed E-state index contributed by atoms with van der Waals surface area (Å²) in [5.74, 6) is 0.155. The molecular weight excluding hydrogens is 228 g/mol. The summed E-state index contributed by atoms with van der Waals surface area (Å²) in [5, 5.41) is 0.941. The van der Waals surface area contributed by atoms with E-state index in [0.29, 0.717) is 16.0 Å². The van der Waals surface area contributed by atoms with E-state index in [2.05, 4.69) is 9.97 Å². The monoisotopic (exact) mass is 236 g/mol. The van der Waals surface area contributed by atoms with Crippen LogP contribution < -0.4 is 5.56 Å². The highest BCUT2D eigenvalue weighted by molar-refractivity contribution is 7.99. The van der Waals surface area contributed by atoms with Crippen LogP contribution in [0, 0.1) is 0 Å². The highest BCUT2D eigenvalue weighted by Gasteiger charge is 2.08. The second-order valence-corrected chi connectivity index (χ2v) is 4.01. The minimum atomic E-state index is -0.226. The van der Waals surface area contributed by atoms with Crippen molar-refractivity contribution in [2.45, 2.75) is 17.2 Å². The molecule has 2 aromatic heterocycles. The zero-order valence-corrected chi connectivity index (χ0v) is 9.21. The van der Waals surface area contributed by atoms with Crippen molar-refractivity contribution < 1.29 is 9.21 Å². The van der Waals surface area contributed by atoms with Gasteiger partial charge in [-0.05, 0) is 23.9 Å². The highest BCUT2D eigenvalue weighted by Crippen LogP contribution is 2.25. The Morgan fingerprint density at radius 1 is 1.44 bits per heavy atom. The highest BCUT2D eigenvalue weighted by atomic mass is 32.2. The average molecular weight is 236 g/mol. The van der Waals surface area contributed by atoms with Crippen molar-refractivity contribution in [2.24, 2.45) is 0 Å². The van der Waals surface area contributed by atoms with E-state index in [-0.39, 0.29) is 11.3 Å². The Labute approximate surface area is 94.9 Å². The molecule has 0 aliphatic rings. The zero-order valence-electron chi connectivity index (χ0n) is 8.39. The molecule has 2 aromatic rings. The Morgan fingerprint density at radius 2 is 2.25 bits per heavy atom. The predicted octanol–water partition coefficient (Wildman–Crippen LogP) is 1.72. The molecule has 0 unspecified atom stereocenters. The van der Waals surface area contributed by atoms with Gasteiger partial charge in [-0.1, -0.05) is 0 Å². The third-order valence-electron chi connectivity index (χ3n) is 1.77. The summed E-state index contributed by atoms with van der Waals surface area (Å²) in [6.45, 7) is 1.43. The molecule has 82 valence electrons. The van der Waals surface area contributed by atoms with Gasteiger partial charge < -0.3 is 9.40 Å². The first-order chi connectivity index (χ1) is 7.65. The summed E-state index contributed by atoms with van der Waals surface area (Å²) < 4.78 is 5.24. The number of ketones is 1. The molecule has 16 heavy (non-hydrogen) atoms. The number of carbonyl (C=O) groups excluding carboxylic acids is 1. The molecule has 0 aromatic carbocycles. The summed E-state index contributed by atoms with van der Waals surface area (Å²) >= 11 is 1.15. The number of carbonyl (C=O) groups is 1. The first kappa shape index (κ1) is 10.7. The van der Waals surface area contributed by atoms with Gasteiger partial charge in [0, 0.05) is 19.2 Å². The number of aromatic nitrogens is 2. The standard InChI is InChI=1S/C10H8N2O3S/c1-6(13)7-2-3-9(15-7)16-10-11-5-4-8(14)12-10/h2-5H,1H3,(H,11,12,14). The van der Waals surface area contributed by atoms with Crippen molar-refractivity contribution in [1.29, 1.82) is 0 Å². The van der Waals surface area contributed by atoms with Crippen LogP contribution in [0.2, 0.25) is 0 Å². The van der Waals surface area contributed by atoms with E-state index in [1.54, 1.807) is 12.1 Å². The van der Waals surface area contributed by atoms with Crippen LogP contribution >= 0.6 is 11.8 Å². The molecule has 6 heteroatoms. The van der Waals surface area contributed by atoms with Gasteiger partial charge in [-0.15, -0.1) is 0 Å². The van der Waals surface area contributed by atoms with Crippen molar-refractivity contribution in [3.63, 3.8) is 0 Å². The molecule has 0 atom stereocenters. The number of nitrogens with zero attached hydrogens (tertiary/aromatic N) is 1. The number of hydrogen-bond acceptors (Lipinski definition) is 5. The van der Waals surface area contributed by atoms with Crippen LogP contribution in [0.4, 0.5) is 0 Å². The fourth-order valence-electron chi connectivity index (χ4n) is 1.06. The summed E-state index contributed by atoms with van der Waals surface area (Å²) in [4.78, 5) is 28.5. The van der Waals surface area contributed by atoms with E-state index in [1.165, 1.54) is 19.2 Å². The molecule has 2 rings (SSSR count). The first-order valence-electron chi connectivity index (χ1n) is 4.49. The van der Waals surface area contributed by atoms with Gasteiger partial charge >= 0.3 is 0 Å². The van der Waals surface area contributed by atoms with Gasteiger partial charge in [0.05, 0.1) is 0 Å². The SMILES string of the molecule is CC(=O)c1ccc(Sc2nccc(=O)[nH]2)o1. The molecule has 0 radical (unpaired) electrons. The molecule has 0 saturated heterocycles. The van der Waals surface area contributed by atoms with E-state index >= 15 is 0 Å². The third kappa shape index (κ3) is 2.40. The molecule has 0 aliphatic heterocycles. The fourth-order valence-corrected chi connectivity index (χ4v) is 1.79. The number of H-pyrrole nitrogens is 1. The van der Waals surface area contributed by atoms with Gasteiger partial charge in [0.15, 0.2) is 21.8 Å². The van der Waals surface area contributed by atoms with Gasteiger partial charge in [-0.2, -0.15) is 0 Å². The molecule has 0 fully saturated rings. The molecule has 0 spiro atoms. The Balaban J connectivity index is 2.20. The maximum Gasteiger partial charge on any atom is 0.251 e. The maximum atomic E-state index is 11.0. The lowest BCUT2D eigenvalue weighted by molar-refractivity contribution is 0.0982. The Hall–Kier alpha value is -1.82. The minimum absolute atomic E-state index is 0.138. The Kier molecular flexibility index (Phi) is 2.91. The second-order valence-electron chi connectivity index (χ2n) is 3.02. The lowest BCUT2D eigenvalue weighted by atomic mass is 10.3. The summed E-state index contributed by atoms with van der Waals surface area (Å²) in [6.07, 6.45) is 1.41. The van der Waals surface area contributed by atoms with Gasteiger partial charge in [0.1, 0.15) is 0 Å². The van der Waals surface area contributed by atoms with Crippen LogP contribution in [-0.2, 0) is 0 Å². The van der Waals surface area contributed by atoms with E-state index in [9.17, 15) is 9.59 Å². The van der Waals surface area contributed by atoms with Crippen molar-refractivity contribution in [3.8, 4) is 0 Å². The van der Waals surface area contributed by atoms with Crippen LogP contribution in [-0.4, -0.2) is 15.8 Å². The number of aromatic amines is 1. The van der Waals surface area contributed by atoms with Crippen LogP contribution in [0.5, 0.6) is 0 Å². The molecular formula is C10H8N2O3S. The zero-order chi connectivity index (χ0) is 11.5. The number of hydrogen-bond donors (Lipinski definition) is 1. The van der Waals surface area contributed by atoms with Crippen LogP contribution in [0.3, 0.4) is 0 Å². The van der Waals surface area contributed by atoms with E-state index in [0.717, 1.165) is 11.8 Å². The quantitative estimate of drug-likeness (QED) is 0.648. The number of furan rings is 1. The van der Waals surface area contributed by atoms with Crippen LogP contribution in [0.15, 0.2) is 43.9 Å². The maximum absolute atomic E-state index is 11.0. The molecule has 1 N–H and O–H groups in total. The predicted molar refractivity (Wildman–Crippen MR) is 57.7 cm³/mol.